The Bertz CT molecular complexity index is 350. The van der Waals surface area contributed by atoms with Crippen LogP contribution in [0.1, 0.15) is 5.69 Å². The zero-order valence-electron chi connectivity index (χ0n) is 6.51. The number of carboxylic acid groups (broad SMARTS) is 1. The number of nitrogens with zero attached hydrogens (tertiary/aromatic N) is 2. The molecule has 0 aromatic carbocycles. The van der Waals surface area contributed by atoms with Gasteiger partial charge in [-0.2, -0.15) is 0 Å². The molecule has 68 valence electrons. The predicted molar refractivity (Wildman–Crippen MR) is 42.2 cm³/mol. The molecule has 0 saturated heterocycles. The van der Waals surface area contributed by atoms with Crippen molar-refractivity contribution in [1.82, 2.24) is 4.98 Å². The Labute approximate surface area is 73.0 Å². The normalized spacial score (nSPS) is 9.54. The van der Waals surface area contributed by atoms with E-state index in [0.29, 0.717) is 0 Å². The molecule has 13 heavy (non-hydrogen) atoms. The van der Waals surface area contributed by atoms with Crippen LogP contribution in [0.25, 0.3) is 0 Å². The highest BCUT2D eigenvalue weighted by atomic mass is 16.6. The fourth-order valence-corrected chi connectivity index (χ4v) is 0.831. The molecule has 1 N–H and O–H groups in total. The van der Waals surface area contributed by atoms with Crippen molar-refractivity contribution in [1.29, 1.82) is 0 Å². The molecule has 0 aliphatic carbocycles. The van der Waals surface area contributed by atoms with E-state index >= 15 is 0 Å². The third kappa shape index (κ3) is 2.51. The molecule has 0 bridgehead atoms. The highest BCUT2D eigenvalue weighted by Gasteiger charge is 2.08. The number of nitro groups is 1. The molecule has 0 aliphatic rings. The summed E-state index contributed by atoms with van der Waals surface area (Å²) in [5.41, 5.74) is 0.0351. The van der Waals surface area contributed by atoms with Gasteiger partial charge < -0.3 is 5.11 Å². The topological polar surface area (TPSA) is 93.3 Å². The highest BCUT2D eigenvalue weighted by Crippen LogP contribution is 2.10. The Morgan fingerprint density at radius 3 is 2.92 bits per heavy atom. The molecule has 0 spiro atoms. The summed E-state index contributed by atoms with van der Waals surface area (Å²) >= 11 is 0. The summed E-state index contributed by atoms with van der Waals surface area (Å²) in [5, 5.41) is 18.7. The minimum absolute atomic E-state index is 0.147. The standard InChI is InChI=1S/C7H6N2O4/c10-7(11)4-5-3-6(9(12)13)1-2-8-5/h1-3H,4H2,(H,10,11). The molecule has 0 radical (unpaired) electrons. The first-order valence-electron chi connectivity index (χ1n) is 3.40. The molecule has 0 saturated carbocycles. The molecule has 1 rings (SSSR count). The largest absolute Gasteiger partial charge is 0.481 e. The summed E-state index contributed by atoms with van der Waals surface area (Å²) in [6.07, 6.45) is 0.915. The van der Waals surface area contributed by atoms with E-state index in [1.807, 2.05) is 0 Å². The van der Waals surface area contributed by atoms with Gasteiger partial charge in [0, 0.05) is 18.3 Å². The molecule has 6 heteroatoms. The van der Waals surface area contributed by atoms with Crippen LogP contribution in [0.2, 0.25) is 0 Å². The first-order valence-corrected chi connectivity index (χ1v) is 3.40. The molecular formula is C7H6N2O4. The molecule has 0 amide bonds. The lowest BCUT2D eigenvalue weighted by Crippen LogP contribution is -2.02. The van der Waals surface area contributed by atoms with Gasteiger partial charge in [-0.1, -0.05) is 0 Å². The van der Waals surface area contributed by atoms with Crippen LogP contribution in [0, 0.1) is 10.1 Å². The number of hydrogen-bond donors (Lipinski definition) is 1. The molecule has 0 atom stereocenters. The number of carbonyl (C=O) groups is 1. The fraction of sp³-hybridized carbons (Fsp3) is 0.143. The van der Waals surface area contributed by atoms with E-state index in [-0.39, 0.29) is 17.8 Å². The first kappa shape index (κ1) is 9.11. The molecule has 0 fully saturated rings. The molecule has 6 nitrogen and oxygen atoms in total. The van der Waals surface area contributed by atoms with Gasteiger partial charge in [-0.05, 0) is 0 Å². The van der Waals surface area contributed by atoms with E-state index in [4.69, 9.17) is 5.11 Å². The van der Waals surface area contributed by atoms with Crippen molar-refractivity contribution >= 4 is 11.7 Å². The van der Waals surface area contributed by atoms with Gasteiger partial charge >= 0.3 is 5.97 Å². The molecule has 0 aliphatic heterocycles. The predicted octanol–water partition coefficient (Wildman–Crippen LogP) is 0.617. The summed E-state index contributed by atoms with van der Waals surface area (Å²) in [4.78, 5) is 23.6. The van der Waals surface area contributed by atoms with Crippen LogP contribution < -0.4 is 0 Å². The van der Waals surface area contributed by atoms with Gasteiger partial charge in [0.1, 0.15) is 0 Å². The summed E-state index contributed by atoms with van der Waals surface area (Å²) < 4.78 is 0. The van der Waals surface area contributed by atoms with Crippen molar-refractivity contribution in [2.75, 3.05) is 0 Å². The van der Waals surface area contributed by atoms with Crippen molar-refractivity contribution in [3.8, 4) is 0 Å². The van der Waals surface area contributed by atoms with Gasteiger partial charge in [0.05, 0.1) is 17.0 Å². The zero-order valence-corrected chi connectivity index (χ0v) is 6.51. The maximum atomic E-state index is 10.3. The number of hydrogen-bond acceptors (Lipinski definition) is 4. The van der Waals surface area contributed by atoms with E-state index in [1.54, 1.807) is 0 Å². The minimum atomic E-state index is -1.06. The SMILES string of the molecule is O=C(O)Cc1cc([N+](=O)[O-])ccn1. The summed E-state index contributed by atoms with van der Waals surface area (Å²) in [5.74, 6) is -1.06. The average Bonchev–Trinajstić information content (AvgIpc) is 2.03. The van der Waals surface area contributed by atoms with Crippen LogP contribution in [-0.2, 0) is 11.2 Å². The van der Waals surface area contributed by atoms with Gasteiger partial charge in [0.25, 0.3) is 5.69 Å². The Kier molecular flexibility index (Phi) is 2.53. The minimum Gasteiger partial charge on any atom is -0.481 e. The van der Waals surface area contributed by atoms with Crippen molar-refractivity contribution in [3.05, 3.63) is 34.1 Å². The first-order chi connectivity index (χ1) is 6.09. The van der Waals surface area contributed by atoms with Crippen LogP contribution in [0.15, 0.2) is 18.3 Å². The monoisotopic (exact) mass is 182 g/mol. The third-order valence-corrected chi connectivity index (χ3v) is 1.34. The van der Waals surface area contributed by atoms with Crippen LogP contribution in [-0.4, -0.2) is 21.0 Å². The van der Waals surface area contributed by atoms with Gasteiger partial charge in [0.2, 0.25) is 0 Å². The van der Waals surface area contributed by atoms with Crippen LogP contribution in [0.5, 0.6) is 0 Å². The number of pyridine rings is 1. The van der Waals surface area contributed by atoms with Crippen molar-refractivity contribution in [2.45, 2.75) is 6.42 Å². The van der Waals surface area contributed by atoms with Crippen LogP contribution in [0.3, 0.4) is 0 Å². The Morgan fingerprint density at radius 1 is 1.69 bits per heavy atom. The van der Waals surface area contributed by atoms with E-state index in [9.17, 15) is 14.9 Å². The van der Waals surface area contributed by atoms with Gasteiger partial charge in [-0.15, -0.1) is 0 Å². The lowest BCUT2D eigenvalue weighted by atomic mass is 10.2. The number of carboxylic acids is 1. The summed E-state index contributed by atoms with van der Waals surface area (Å²) in [6, 6.07) is 2.36. The molecule has 1 heterocycles. The van der Waals surface area contributed by atoms with E-state index in [1.165, 1.54) is 12.3 Å². The number of rotatable bonds is 3. The van der Waals surface area contributed by atoms with E-state index in [0.717, 1.165) is 6.07 Å². The number of aromatic nitrogens is 1. The van der Waals surface area contributed by atoms with E-state index < -0.39 is 10.9 Å². The fourth-order valence-electron chi connectivity index (χ4n) is 0.831. The Balaban J connectivity index is 2.91. The second kappa shape index (κ2) is 3.61. The molecular weight excluding hydrogens is 176 g/mol. The van der Waals surface area contributed by atoms with Crippen LogP contribution in [0.4, 0.5) is 5.69 Å². The summed E-state index contributed by atoms with van der Waals surface area (Å²) in [6.45, 7) is 0. The third-order valence-electron chi connectivity index (χ3n) is 1.34. The quantitative estimate of drug-likeness (QED) is 0.546. The molecule has 1 aromatic heterocycles. The lowest BCUT2D eigenvalue weighted by Gasteiger charge is -1.94. The second-order valence-electron chi connectivity index (χ2n) is 2.33. The van der Waals surface area contributed by atoms with Gasteiger partial charge in [-0.3, -0.25) is 19.9 Å². The van der Waals surface area contributed by atoms with Gasteiger partial charge in [0.15, 0.2) is 0 Å². The second-order valence-corrected chi connectivity index (χ2v) is 2.33. The Hall–Kier alpha value is -1.98. The van der Waals surface area contributed by atoms with Crippen molar-refractivity contribution in [2.24, 2.45) is 0 Å². The van der Waals surface area contributed by atoms with Crippen molar-refractivity contribution < 1.29 is 14.8 Å². The molecule has 0 unspecified atom stereocenters. The lowest BCUT2D eigenvalue weighted by molar-refractivity contribution is -0.385. The Morgan fingerprint density at radius 2 is 2.38 bits per heavy atom. The molecule has 1 aromatic rings. The summed E-state index contributed by atoms with van der Waals surface area (Å²) in [7, 11) is 0. The number of aliphatic carboxylic acids is 1. The van der Waals surface area contributed by atoms with Gasteiger partial charge in [-0.25, -0.2) is 0 Å². The van der Waals surface area contributed by atoms with Crippen LogP contribution >= 0.6 is 0 Å². The van der Waals surface area contributed by atoms with Crippen molar-refractivity contribution in [3.63, 3.8) is 0 Å². The van der Waals surface area contributed by atoms with E-state index in [2.05, 4.69) is 4.98 Å². The maximum Gasteiger partial charge on any atom is 0.309 e. The zero-order chi connectivity index (χ0) is 9.84. The smallest absolute Gasteiger partial charge is 0.309 e. The maximum absolute atomic E-state index is 10.3. The highest BCUT2D eigenvalue weighted by molar-refractivity contribution is 5.69. The average molecular weight is 182 g/mol.